The Labute approximate surface area is 98.3 Å². The van der Waals surface area contributed by atoms with E-state index in [1.807, 2.05) is 7.05 Å². The lowest BCUT2D eigenvalue weighted by atomic mass is 10.1. The molecule has 0 aromatic carbocycles. The van der Waals surface area contributed by atoms with Gasteiger partial charge in [-0.15, -0.1) is 0 Å². The minimum absolute atomic E-state index is 0.0711. The Bertz CT molecular complexity index is 188. The number of ether oxygens (including phenoxy) is 1. The van der Waals surface area contributed by atoms with Gasteiger partial charge in [-0.3, -0.25) is 4.79 Å². The van der Waals surface area contributed by atoms with Gasteiger partial charge >= 0.3 is 0 Å². The zero-order valence-corrected chi connectivity index (χ0v) is 10.7. The molecule has 5 nitrogen and oxygen atoms in total. The Morgan fingerprint density at radius 1 is 1.56 bits per heavy atom. The predicted octanol–water partition coefficient (Wildman–Crippen LogP) is -0.192. The maximum absolute atomic E-state index is 11.1. The topological polar surface area (TPSA) is 67.6 Å². The summed E-state index contributed by atoms with van der Waals surface area (Å²) in [4.78, 5) is 13.3. The molecule has 0 rings (SSSR count). The fraction of sp³-hybridized carbons (Fsp3) is 0.909. The third-order valence-corrected chi connectivity index (χ3v) is 2.69. The van der Waals surface area contributed by atoms with Gasteiger partial charge in [0.15, 0.2) is 0 Å². The predicted molar refractivity (Wildman–Crippen MR) is 65.3 cm³/mol. The third-order valence-electron chi connectivity index (χ3n) is 2.69. The summed E-state index contributed by atoms with van der Waals surface area (Å²) >= 11 is 0. The van der Waals surface area contributed by atoms with Crippen molar-refractivity contribution in [2.45, 2.75) is 25.3 Å². The van der Waals surface area contributed by atoms with E-state index in [1.54, 1.807) is 14.2 Å². The van der Waals surface area contributed by atoms with Crippen LogP contribution in [0.5, 0.6) is 0 Å². The molecule has 0 saturated carbocycles. The first-order chi connectivity index (χ1) is 7.65. The minimum atomic E-state index is 0.0711. The molecule has 0 fully saturated rings. The van der Waals surface area contributed by atoms with Gasteiger partial charge in [0.25, 0.3) is 0 Å². The summed E-state index contributed by atoms with van der Waals surface area (Å²) in [6.45, 7) is 2.13. The third kappa shape index (κ3) is 6.76. The molecule has 0 aliphatic carbocycles. The van der Waals surface area contributed by atoms with Gasteiger partial charge in [-0.25, -0.2) is 0 Å². The number of nitrogens with two attached hydrogens (primary N) is 1. The van der Waals surface area contributed by atoms with Gasteiger partial charge < -0.3 is 20.7 Å². The first kappa shape index (κ1) is 15.3. The molecule has 0 aliphatic heterocycles. The van der Waals surface area contributed by atoms with Crippen LogP contribution < -0.4 is 11.1 Å². The van der Waals surface area contributed by atoms with Crippen molar-refractivity contribution >= 4 is 5.91 Å². The quantitative estimate of drug-likeness (QED) is 0.577. The van der Waals surface area contributed by atoms with Gasteiger partial charge in [-0.05, 0) is 26.4 Å². The number of carbonyl (C=O) groups excluding carboxylic acids is 1. The number of amides is 1. The van der Waals surface area contributed by atoms with E-state index in [9.17, 15) is 4.79 Å². The van der Waals surface area contributed by atoms with Gasteiger partial charge in [-0.1, -0.05) is 0 Å². The molecule has 0 aromatic heterocycles. The van der Waals surface area contributed by atoms with Crippen molar-refractivity contribution in [1.29, 1.82) is 0 Å². The van der Waals surface area contributed by atoms with Crippen LogP contribution in [0.3, 0.4) is 0 Å². The minimum Gasteiger partial charge on any atom is -0.383 e. The van der Waals surface area contributed by atoms with Crippen LogP contribution in [-0.4, -0.2) is 57.8 Å². The second kappa shape index (κ2) is 9.57. The van der Waals surface area contributed by atoms with E-state index in [0.717, 1.165) is 19.4 Å². The van der Waals surface area contributed by atoms with Crippen LogP contribution in [0.1, 0.15) is 19.3 Å². The van der Waals surface area contributed by atoms with Crippen LogP contribution in [0.2, 0.25) is 0 Å². The summed E-state index contributed by atoms with van der Waals surface area (Å²) in [6, 6.07) is 0.346. The number of hydrogen-bond acceptors (Lipinski definition) is 4. The van der Waals surface area contributed by atoms with Crippen molar-refractivity contribution in [1.82, 2.24) is 10.2 Å². The fourth-order valence-corrected chi connectivity index (χ4v) is 1.56. The Hall–Kier alpha value is -0.650. The molecule has 0 saturated heterocycles. The smallest absolute Gasteiger partial charge is 0.221 e. The lowest BCUT2D eigenvalue weighted by Gasteiger charge is -2.27. The Kier molecular flexibility index (Phi) is 9.18. The van der Waals surface area contributed by atoms with Crippen LogP contribution in [0.15, 0.2) is 0 Å². The zero-order chi connectivity index (χ0) is 12.4. The second-order valence-corrected chi connectivity index (χ2v) is 3.94. The molecule has 1 unspecified atom stereocenters. The molecule has 0 bridgehead atoms. The van der Waals surface area contributed by atoms with Gasteiger partial charge in [-0.2, -0.15) is 0 Å². The summed E-state index contributed by atoms with van der Waals surface area (Å²) in [5.74, 6) is 0.0711. The first-order valence-electron chi connectivity index (χ1n) is 5.75. The molecule has 0 heterocycles. The van der Waals surface area contributed by atoms with Crippen molar-refractivity contribution in [3.63, 3.8) is 0 Å². The van der Waals surface area contributed by atoms with Gasteiger partial charge in [0.1, 0.15) is 0 Å². The maximum Gasteiger partial charge on any atom is 0.221 e. The summed E-state index contributed by atoms with van der Waals surface area (Å²) in [6.07, 6.45) is 2.52. The number of likely N-dealkylation sites (N-methyl/N-ethyl adjacent to an activating group) is 1. The van der Waals surface area contributed by atoms with Crippen molar-refractivity contribution in [2.75, 3.05) is 40.9 Å². The van der Waals surface area contributed by atoms with E-state index < -0.39 is 0 Å². The Morgan fingerprint density at radius 2 is 2.25 bits per heavy atom. The van der Waals surface area contributed by atoms with Gasteiger partial charge in [0.05, 0.1) is 6.61 Å². The monoisotopic (exact) mass is 231 g/mol. The van der Waals surface area contributed by atoms with Crippen LogP contribution in [-0.2, 0) is 9.53 Å². The number of rotatable bonds is 9. The summed E-state index contributed by atoms with van der Waals surface area (Å²) < 4.78 is 5.17. The second-order valence-electron chi connectivity index (χ2n) is 3.94. The van der Waals surface area contributed by atoms with Gasteiger partial charge in [0, 0.05) is 33.2 Å². The normalized spacial score (nSPS) is 12.8. The lowest BCUT2D eigenvalue weighted by molar-refractivity contribution is -0.121. The first-order valence-corrected chi connectivity index (χ1v) is 5.75. The largest absolute Gasteiger partial charge is 0.383 e. The van der Waals surface area contributed by atoms with Gasteiger partial charge in [0.2, 0.25) is 5.91 Å². The SMILES string of the molecule is CNC(=O)CCN(C)C(CCCN)COC. The molecule has 1 atom stereocenters. The molecule has 0 aliphatic rings. The highest BCUT2D eigenvalue weighted by Crippen LogP contribution is 2.06. The maximum atomic E-state index is 11.1. The molecular formula is C11H25N3O2. The highest BCUT2D eigenvalue weighted by molar-refractivity contribution is 5.75. The molecule has 96 valence electrons. The van der Waals surface area contributed by atoms with Crippen molar-refractivity contribution in [3.05, 3.63) is 0 Å². The average molecular weight is 231 g/mol. The number of nitrogens with one attached hydrogen (secondary N) is 1. The summed E-state index contributed by atoms with van der Waals surface area (Å²) in [5, 5.41) is 2.62. The van der Waals surface area contributed by atoms with E-state index >= 15 is 0 Å². The Balaban J connectivity index is 3.94. The molecule has 3 N–H and O–H groups in total. The molecule has 5 heteroatoms. The van der Waals surface area contributed by atoms with Crippen LogP contribution >= 0.6 is 0 Å². The number of nitrogens with zero attached hydrogens (tertiary/aromatic N) is 1. The average Bonchev–Trinajstić information content (AvgIpc) is 2.30. The molecule has 16 heavy (non-hydrogen) atoms. The zero-order valence-electron chi connectivity index (χ0n) is 10.7. The summed E-state index contributed by atoms with van der Waals surface area (Å²) in [5.41, 5.74) is 5.49. The van der Waals surface area contributed by atoms with E-state index in [4.69, 9.17) is 10.5 Å². The van der Waals surface area contributed by atoms with E-state index in [0.29, 0.717) is 25.6 Å². The van der Waals surface area contributed by atoms with Crippen molar-refractivity contribution in [2.24, 2.45) is 5.73 Å². The van der Waals surface area contributed by atoms with Crippen LogP contribution in [0.25, 0.3) is 0 Å². The van der Waals surface area contributed by atoms with E-state index in [1.165, 1.54) is 0 Å². The number of carbonyl (C=O) groups is 1. The standard InChI is InChI=1S/C11H25N3O2/c1-13-11(15)6-8-14(2)10(9-16-3)5-4-7-12/h10H,4-9,12H2,1-3H3,(H,13,15). The van der Waals surface area contributed by atoms with E-state index in [-0.39, 0.29) is 5.91 Å². The number of hydrogen-bond donors (Lipinski definition) is 2. The molecule has 0 spiro atoms. The van der Waals surface area contributed by atoms with Crippen molar-refractivity contribution in [3.8, 4) is 0 Å². The molecule has 1 amide bonds. The molecule has 0 radical (unpaired) electrons. The number of methoxy groups -OCH3 is 1. The highest BCUT2D eigenvalue weighted by Gasteiger charge is 2.14. The fourth-order valence-electron chi connectivity index (χ4n) is 1.56. The summed E-state index contributed by atoms with van der Waals surface area (Å²) in [7, 11) is 5.37. The Morgan fingerprint density at radius 3 is 2.75 bits per heavy atom. The van der Waals surface area contributed by atoms with Crippen LogP contribution in [0.4, 0.5) is 0 Å². The lowest BCUT2D eigenvalue weighted by Crippen LogP contribution is -2.38. The molecular weight excluding hydrogens is 206 g/mol. The highest BCUT2D eigenvalue weighted by atomic mass is 16.5. The van der Waals surface area contributed by atoms with Crippen LogP contribution in [0, 0.1) is 0 Å². The van der Waals surface area contributed by atoms with Crippen molar-refractivity contribution < 1.29 is 9.53 Å². The van der Waals surface area contributed by atoms with E-state index in [2.05, 4.69) is 10.2 Å². The molecule has 0 aromatic rings.